The molecule has 0 saturated carbocycles. The Kier molecular flexibility index (Phi) is 6.09. The maximum Gasteiger partial charge on any atom is 0.513 e. The first kappa shape index (κ1) is 22.9. The van der Waals surface area contributed by atoms with Crippen molar-refractivity contribution in [3.63, 3.8) is 0 Å². The number of nitrogens with zero attached hydrogens (tertiary/aromatic N) is 2. The Bertz CT molecular complexity index is 1390. The highest BCUT2D eigenvalue weighted by atomic mass is 32.2. The van der Waals surface area contributed by atoms with E-state index >= 15 is 0 Å². The third kappa shape index (κ3) is 4.08. The fourth-order valence-corrected chi connectivity index (χ4v) is 6.77. The molecule has 34 heavy (non-hydrogen) atoms. The first-order chi connectivity index (χ1) is 16.4. The summed E-state index contributed by atoms with van der Waals surface area (Å²) in [5.41, 5.74) is 0.233. The Morgan fingerprint density at radius 2 is 1.97 bits per heavy atom. The van der Waals surface area contributed by atoms with Crippen molar-refractivity contribution in [1.29, 1.82) is 0 Å². The van der Waals surface area contributed by atoms with E-state index in [1.165, 1.54) is 12.3 Å². The van der Waals surface area contributed by atoms with Gasteiger partial charge in [0.2, 0.25) is 10.0 Å². The predicted octanol–water partition coefficient (Wildman–Crippen LogP) is 2.79. The lowest BCUT2D eigenvalue weighted by molar-refractivity contribution is 0.105. The van der Waals surface area contributed by atoms with E-state index in [4.69, 9.17) is 9.47 Å². The standard InChI is InChI=1S/C23H28N4O6S/c1-2-32-23(29)33-19-13-24-21-20(19)17-12-16(7-8-18(17)25-22(21)28)34(30,31)27-11-5-6-15(27)14-26-9-3-4-10-26/h7-8,12-13,15,24H,2-6,9-11,14H2,1H3,(H,25,28). The Morgan fingerprint density at radius 1 is 1.18 bits per heavy atom. The molecular weight excluding hydrogens is 460 g/mol. The van der Waals surface area contributed by atoms with Crippen molar-refractivity contribution in [3.8, 4) is 5.75 Å². The van der Waals surface area contributed by atoms with Crippen LogP contribution in [0.3, 0.4) is 0 Å². The molecule has 10 nitrogen and oxygen atoms in total. The van der Waals surface area contributed by atoms with Crippen molar-refractivity contribution < 1.29 is 22.7 Å². The maximum atomic E-state index is 13.7. The second-order valence-electron chi connectivity index (χ2n) is 8.77. The molecule has 1 unspecified atom stereocenters. The van der Waals surface area contributed by atoms with Gasteiger partial charge >= 0.3 is 6.16 Å². The molecule has 0 aliphatic carbocycles. The second kappa shape index (κ2) is 9.05. The molecule has 0 amide bonds. The largest absolute Gasteiger partial charge is 0.513 e. The summed E-state index contributed by atoms with van der Waals surface area (Å²) >= 11 is 0. The number of aromatic amines is 2. The molecule has 2 aliphatic rings. The number of H-pyrrole nitrogens is 2. The number of pyridine rings is 1. The van der Waals surface area contributed by atoms with Gasteiger partial charge in [0.1, 0.15) is 5.52 Å². The molecule has 2 saturated heterocycles. The van der Waals surface area contributed by atoms with Gasteiger partial charge in [-0.1, -0.05) is 0 Å². The number of benzene rings is 1. The summed E-state index contributed by atoms with van der Waals surface area (Å²) in [5.74, 6) is 0.104. The molecule has 2 aromatic heterocycles. The minimum Gasteiger partial charge on any atom is -0.434 e. The van der Waals surface area contributed by atoms with Crippen LogP contribution >= 0.6 is 0 Å². The first-order valence-electron chi connectivity index (χ1n) is 11.6. The quantitative estimate of drug-likeness (QED) is 0.511. The van der Waals surface area contributed by atoms with Crippen LogP contribution in [-0.4, -0.2) is 72.6 Å². The number of carbonyl (C=O) groups excluding carboxylic acids is 1. The van der Waals surface area contributed by atoms with Crippen LogP contribution in [0.4, 0.5) is 4.79 Å². The SMILES string of the molecule is CCOC(=O)Oc1c[nH]c2c(=O)[nH]c3ccc(S(=O)(=O)N4CCCC4CN4CCCC4)cc3c12. The van der Waals surface area contributed by atoms with Crippen molar-refractivity contribution in [3.05, 3.63) is 34.7 Å². The Labute approximate surface area is 196 Å². The van der Waals surface area contributed by atoms with Crippen LogP contribution in [0.1, 0.15) is 32.6 Å². The van der Waals surface area contributed by atoms with Crippen molar-refractivity contribution in [2.75, 3.05) is 32.8 Å². The minimum atomic E-state index is -3.76. The Morgan fingerprint density at radius 3 is 2.74 bits per heavy atom. The number of aromatic nitrogens is 2. The Hall–Kier alpha value is -2.89. The molecule has 1 aromatic carbocycles. The summed E-state index contributed by atoms with van der Waals surface area (Å²) in [7, 11) is -3.76. The lowest BCUT2D eigenvalue weighted by Gasteiger charge is -2.28. The van der Waals surface area contributed by atoms with Crippen molar-refractivity contribution >= 4 is 38.0 Å². The van der Waals surface area contributed by atoms with Crippen molar-refractivity contribution in [1.82, 2.24) is 19.2 Å². The van der Waals surface area contributed by atoms with Crippen LogP contribution in [0.25, 0.3) is 21.8 Å². The zero-order chi connectivity index (χ0) is 23.9. The average molecular weight is 489 g/mol. The number of nitrogens with one attached hydrogen (secondary N) is 2. The molecule has 2 fully saturated rings. The summed E-state index contributed by atoms with van der Waals surface area (Å²) in [6, 6.07) is 4.59. The monoisotopic (exact) mass is 488 g/mol. The molecule has 5 rings (SSSR count). The second-order valence-corrected chi connectivity index (χ2v) is 10.7. The van der Waals surface area contributed by atoms with Gasteiger partial charge in [0.15, 0.2) is 5.75 Å². The van der Waals surface area contributed by atoms with E-state index < -0.39 is 21.7 Å². The molecular formula is C23H28N4O6S. The number of fused-ring (bicyclic) bond motifs is 3. The van der Waals surface area contributed by atoms with Crippen LogP contribution in [0.15, 0.2) is 34.1 Å². The molecule has 4 heterocycles. The summed E-state index contributed by atoms with van der Waals surface area (Å²) in [6.07, 6.45) is 4.48. The minimum absolute atomic E-state index is 0.0515. The average Bonchev–Trinajstić information content (AvgIpc) is 3.56. The fourth-order valence-electron chi connectivity index (χ4n) is 5.06. The van der Waals surface area contributed by atoms with E-state index in [-0.39, 0.29) is 28.8 Å². The van der Waals surface area contributed by atoms with E-state index in [2.05, 4.69) is 14.9 Å². The lowest BCUT2D eigenvalue weighted by Crippen LogP contribution is -2.42. The maximum absolute atomic E-state index is 13.7. The number of sulfonamides is 1. The van der Waals surface area contributed by atoms with Crippen LogP contribution in [0, 0.1) is 0 Å². The predicted molar refractivity (Wildman–Crippen MR) is 127 cm³/mol. The van der Waals surface area contributed by atoms with Gasteiger partial charge in [-0.15, -0.1) is 0 Å². The normalized spacial score (nSPS) is 19.9. The van der Waals surface area contributed by atoms with Gasteiger partial charge in [0, 0.05) is 36.2 Å². The van der Waals surface area contributed by atoms with E-state index in [1.807, 2.05) is 0 Å². The highest BCUT2D eigenvalue weighted by Crippen LogP contribution is 2.34. The first-order valence-corrected chi connectivity index (χ1v) is 13.1. The fraction of sp³-hybridized carbons (Fsp3) is 0.478. The molecule has 0 radical (unpaired) electrons. The van der Waals surface area contributed by atoms with Gasteiger partial charge in [0.25, 0.3) is 5.56 Å². The number of likely N-dealkylation sites (tertiary alicyclic amines) is 1. The van der Waals surface area contributed by atoms with Gasteiger partial charge in [0.05, 0.1) is 16.9 Å². The molecule has 1 atom stereocenters. The van der Waals surface area contributed by atoms with E-state index in [0.29, 0.717) is 22.8 Å². The number of rotatable bonds is 6. The van der Waals surface area contributed by atoms with Crippen molar-refractivity contribution in [2.24, 2.45) is 0 Å². The molecule has 11 heteroatoms. The van der Waals surface area contributed by atoms with Gasteiger partial charge < -0.3 is 24.3 Å². The van der Waals surface area contributed by atoms with E-state index in [9.17, 15) is 18.0 Å². The van der Waals surface area contributed by atoms with Gasteiger partial charge in [-0.05, 0) is 63.9 Å². The van der Waals surface area contributed by atoms with Gasteiger partial charge in [-0.2, -0.15) is 4.31 Å². The summed E-state index contributed by atoms with van der Waals surface area (Å²) in [6.45, 7) is 5.06. The number of hydrogen-bond acceptors (Lipinski definition) is 7. The molecule has 3 aromatic rings. The molecule has 2 N–H and O–H groups in total. The third-order valence-electron chi connectivity index (χ3n) is 6.63. The van der Waals surface area contributed by atoms with Crippen LogP contribution in [0.5, 0.6) is 5.75 Å². The van der Waals surface area contributed by atoms with Crippen LogP contribution < -0.4 is 10.3 Å². The van der Waals surface area contributed by atoms with Crippen LogP contribution in [0.2, 0.25) is 0 Å². The smallest absolute Gasteiger partial charge is 0.434 e. The third-order valence-corrected chi connectivity index (χ3v) is 8.58. The number of hydrogen-bond donors (Lipinski definition) is 2. The number of ether oxygens (including phenoxy) is 2. The zero-order valence-electron chi connectivity index (χ0n) is 19.0. The van der Waals surface area contributed by atoms with Gasteiger partial charge in [-0.3, -0.25) is 4.79 Å². The summed E-state index contributed by atoms with van der Waals surface area (Å²) in [4.78, 5) is 32.5. The topological polar surface area (TPSA) is 125 Å². The Balaban J connectivity index is 1.55. The van der Waals surface area contributed by atoms with Crippen molar-refractivity contribution in [2.45, 2.75) is 43.5 Å². The lowest BCUT2D eigenvalue weighted by atomic mass is 10.1. The highest BCUT2D eigenvalue weighted by Gasteiger charge is 2.36. The summed E-state index contributed by atoms with van der Waals surface area (Å²) in [5, 5.41) is 0.797. The van der Waals surface area contributed by atoms with E-state index in [1.54, 1.807) is 23.4 Å². The molecule has 2 aliphatic heterocycles. The van der Waals surface area contributed by atoms with Gasteiger partial charge in [-0.25, -0.2) is 13.2 Å². The molecule has 182 valence electrons. The molecule has 0 spiro atoms. The zero-order valence-corrected chi connectivity index (χ0v) is 19.8. The highest BCUT2D eigenvalue weighted by molar-refractivity contribution is 7.89. The molecule has 0 bridgehead atoms. The summed E-state index contributed by atoms with van der Waals surface area (Å²) < 4.78 is 39.1. The number of carbonyl (C=O) groups is 1. The van der Waals surface area contributed by atoms with E-state index in [0.717, 1.165) is 45.3 Å². The van der Waals surface area contributed by atoms with Crippen LogP contribution in [-0.2, 0) is 14.8 Å².